The SMILES string of the molecule is CC(C)(C)c1nc2c(o1)C(=O)CNC2. The lowest BCUT2D eigenvalue weighted by Gasteiger charge is -2.11. The van der Waals surface area contributed by atoms with Gasteiger partial charge in [-0.25, -0.2) is 4.98 Å². The zero-order chi connectivity index (χ0) is 10.3. The highest BCUT2D eigenvalue weighted by molar-refractivity contribution is 5.96. The minimum Gasteiger partial charge on any atom is -0.437 e. The van der Waals surface area contributed by atoms with Gasteiger partial charge in [0, 0.05) is 12.0 Å². The Bertz CT molecular complexity index is 374. The van der Waals surface area contributed by atoms with Gasteiger partial charge in [-0.3, -0.25) is 4.79 Å². The van der Waals surface area contributed by atoms with Gasteiger partial charge in [-0.15, -0.1) is 0 Å². The number of carbonyl (C=O) groups is 1. The van der Waals surface area contributed by atoms with Crippen molar-refractivity contribution >= 4 is 5.78 Å². The maximum Gasteiger partial charge on any atom is 0.213 e. The third-order valence-electron chi connectivity index (χ3n) is 2.17. The predicted molar refractivity (Wildman–Crippen MR) is 51.2 cm³/mol. The standard InChI is InChI=1S/C10H14N2O2/c1-10(2,3)9-12-6-4-11-5-7(13)8(6)14-9/h11H,4-5H2,1-3H3. The Balaban J connectivity index is 2.45. The van der Waals surface area contributed by atoms with E-state index in [1.807, 2.05) is 20.8 Å². The summed E-state index contributed by atoms with van der Waals surface area (Å²) >= 11 is 0. The lowest BCUT2D eigenvalue weighted by atomic mass is 9.97. The maximum atomic E-state index is 11.4. The van der Waals surface area contributed by atoms with E-state index < -0.39 is 0 Å². The van der Waals surface area contributed by atoms with E-state index in [0.717, 1.165) is 5.69 Å². The van der Waals surface area contributed by atoms with Crippen LogP contribution in [-0.2, 0) is 12.0 Å². The monoisotopic (exact) mass is 194 g/mol. The van der Waals surface area contributed by atoms with Gasteiger partial charge >= 0.3 is 0 Å². The summed E-state index contributed by atoms with van der Waals surface area (Å²) in [4.78, 5) is 15.8. The Morgan fingerprint density at radius 3 is 2.64 bits per heavy atom. The van der Waals surface area contributed by atoms with Gasteiger partial charge in [-0.2, -0.15) is 0 Å². The molecule has 0 atom stereocenters. The van der Waals surface area contributed by atoms with Crippen LogP contribution in [0.2, 0.25) is 0 Å². The van der Waals surface area contributed by atoms with E-state index in [-0.39, 0.29) is 11.2 Å². The zero-order valence-corrected chi connectivity index (χ0v) is 8.68. The Kier molecular flexibility index (Phi) is 1.96. The molecule has 0 fully saturated rings. The third kappa shape index (κ3) is 1.46. The van der Waals surface area contributed by atoms with E-state index in [1.165, 1.54) is 0 Å². The average molecular weight is 194 g/mol. The summed E-state index contributed by atoms with van der Waals surface area (Å²) < 4.78 is 5.48. The van der Waals surface area contributed by atoms with Crippen LogP contribution >= 0.6 is 0 Å². The lowest BCUT2D eigenvalue weighted by molar-refractivity contribution is 0.0950. The van der Waals surface area contributed by atoms with E-state index in [1.54, 1.807) is 0 Å². The highest BCUT2D eigenvalue weighted by atomic mass is 16.4. The van der Waals surface area contributed by atoms with Crippen LogP contribution in [0.25, 0.3) is 0 Å². The molecule has 1 aliphatic heterocycles. The van der Waals surface area contributed by atoms with Crippen LogP contribution in [0.15, 0.2) is 4.42 Å². The van der Waals surface area contributed by atoms with Gasteiger partial charge in [0.15, 0.2) is 5.76 Å². The van der Waals surface area contributed by atoms with Crippen molar-refractivity contribution in [2.24, 2.45) is 0 Å². The number of Topliss-reactive ketones (excluding diaryl/α,β-unsaturated/α-hetero) is 1. The quantitative estimate of drug-likeness (QED) is 0.675. The molecule has 0 saturated carbocycles. The molecular formula is C10H14N2O2. The van der Waals surface area contributed by atoms with Crippen LogP contribution < -0.4 is 5.32 Å². The Morgan fingerprint density at radius 1 is 1.36 bits per heavy atom. The molecule has 0 saturated heterocycles. The predicted octanol–water partition coefficient (Wildman–Crippen LogP) is 1.26. The van der Waals surface area contributed by atoms with Crippen LogP contribution in [-0.4, -0.2) is 17.3 Å². The van der Waals surface area contributed by atoms with Crippen LogP contribution in [0.4, 0.5) is 0 Å². The summed E-state index contributed by atoms with van der Waals surface area (Å²) in [6, 6.07) is 0. The molecule has 0 unspecified atom stereocenters. The highest BCUT2D eigenvalue weighted by Crippen LogP contribution is 2.25. The molecule has 2 heterocycles. The normalized spacial score (nSPS) is 16.9. The zero-order valence-electron chi connectivity index (χ0n) is 8.68. The van der Waals surface area contributed by atoms with Crippen LogP contribution in [0, 0.1) is 0 Å². The van der Waals surface area contributed by atoms with Gasteiger partial charge in [-0.05, 0) is 0 Å². The number of hydrogen-bond acceptors (Lipinski definition) is 4. The van der Waals surface area contributed by atoms with Gasteiger partial charge in [0.1, 0.15) is 5.69 Å². The summed E-state index contributed by atoms with van der Waals surface area (Å²) in [5, 5.41) is 2.98. The molecule has 0 spiro atoms. The van der Waals surface area contributed by atoms with Gasteiger partial charge < -0.3 is 9.73 Å². The maximum absolute atomic E-state index is 11.4. The first-order valence-electron chi connectivity index (χ1n) is 4.72. The molecule has 4 nitrogen and oxygen atoms in total. The molecular weight excluding hydrogens is 180 g/mol. The molecule has 1 aromatic rings. The van der Waals surface area contributed by atoms with Gasteiger partial charge in [0.2, 0.25) is 11.7 Å². The fraction of sp³-hybridized carbons (Fsp3) is 0.600. The number of nitrogens with one attached hydrogen (secondary N) is 1. The van der Waals surface area contributed by atoms with Gasteiger partial charge in [-0.1, -0.05) is 20.8 Å². The molecule has 76 valence electrons. The molecule has 1 N–H and O–H groups in total. The molecule has 0 aliphatic carbocycles. The highest BCUT2D eigenvalue weighted by Gasteiger charge is 2.28. The van der Waals surface area contributed by atoms with Crippen LogP contribution in [0.1, 0.15) is 42.9 Å². The third-order valence-corrected chi connectivity index (χ3v) is 2.17. The summed E-state index contributed by atoms with van der Waals surface area (Å²) in [6.45, 7) is 7.03. The first kappa shape index (κ1) is 9.40. The Hall–Kier alpha value is -1.16. The van der Waals surface area contributed by atoms with Crippen LogP contribution in [0.3, 0.4) is 0 Å². The molecule has 0 bridgehead atoms. The fourth-order valence-electron chi connectivity index (χ4n) is 1.38. The van der Waals surface area contributed by atoms with E-state index in [0.29, 0.717) is 24.7 Å². The minimum absolute atomic E-state index is 0.00532. The molecule has 1 aliphatic rings. The average Bonchev–Trinajstić information content (AvgIpc) is 2.48. The number of hydrogen-bond donors (Lipinski definition) is 1. The number of carbonyl (C=O) groups excluding carboxylic acids is 1. The van der Waals surface area contributed by atoms with Gasteiger partial charge in [0.25, 0.3) is 0 Å². The molecule has 0 radical (unpaired) electrons. The first-order valence-corrected chi connectivity index (χ1v) is 4.72. The summed E-state index contributed by atoms with van der Waals surface area (Å²) in [7, 11) is 0. The topological polar surface area (TPSA) is 55.1 Å². The number of aromatic nitrogens is 1. The minimum atomic E-state index is -0.141. The summed E-state index contributed by atoms with van der Waals surface area (Å²) in [5.74, 6) is 1.07. The van der Waals surface area contributed by atoms with Crippen molar-refractivity contribution in [2.45, 2.75) is 32.7 Å². The number of nitrogens with zero attached hydrogens (tertiary/aromatic N) is 1. The summed E-state index contributed by atoms with van der Waals surface area (Å²) in [5.41, 5.74) is 0.601. The molecule has 1 aromatic heterocycles. The van der Waals surface area contributed by atoms with Gasteiger partial charge in [0.05, 0.1) is 6.54 Å². The molecule has 0 aromatic carbocycles. The van der Waals surface area contributed by atoms with Crippen molar-refractivity contribution in [3.8, 4) is 0 Å². The smallest absolute Gasteiger partial charge is 0.213 e. The second-order valence-electron chi connectivity index (χ2n) is 4.57. The van der Waals surface area contributed by atoms with Crippen molar-refractivity contribution in [1.29, 1.82) is 0 Å². The number of oxazole rings is 1. The largest absolute Gasteiger partial charge is 0.437 e. The molecule has 4 heteroatoms. The Labute approximate surface area is 82.7 Å². The Morgan fingerprint density at radius 2 is 2.07 bits per heavy atom. The number of fused-ring (bicyclic) bond motifs is 1. The molecule has 2 rings (SSSR count). The lowest BCUT2D eigenvalue weighted by Crippen LogP contribution is -2.29. The molecule has 14 heavy (non-hydrogen) atoms. The summed E-state index contributed by atoms with van der Waals surface area (Å²) in [6.07, 6.45) is 0. The molecule has 0 amide bonds. The van der Waals surface area contributed by atoms with E-state index in [9.17, 15) is 4.79 Å². The van der Waals surface area contributed by atoms with Crippen molar-refractivity contribution < 1.29 is 9.21 Å². The van der Waals surface area contributed by atoms with Crippen LogP contribution in [0.5, 0.6) is 0 Å². The van der Waals surface area contributed by atoms with Crippen molar-refractivity contribution in [3.05, 3.63) is 17.3 Å². The van der Waals surface area contributed by atoms with Crippen molar-refractivity contribution in [1.82, 2.24) is 10.3 Å². The second-order valence-corrected chi connectivity index (χ2v) is 4.57. The number of ketones is 1. The number of rotatable bonds is 0. The van der Waals surface area contributed by atoms with E-state index in [2.05, 4.69) is 10.3 Å². The fourth-order valence-corrected chi connectivity index (χ4v) is 1.38. The van der Waals surface area contributed by atoms with E-state index in [4.69, 9.17) is 4.42 Å². The van der Waals surface area contributed by atoms with Crippen molar-refractivity contribution in [3.63, 3.8) is 0 Å². The van der Waals surface area contributed by atoms with E-state index >= 15 is 0 Å². The first-order chi connectivity index (χ1) is 6.48. The van der Waals surface area contributed by atoms with Crippen molar-refractivity contribution in [2.75, 3.05) is 6.54 Å². The second kappa shape index (κ2) is 2.92.